The Kier molecular flexibility index (Phi) is 6.65. The third-order valence-corrected chi connectivity index (χ3v) is 4.22. The standard InChI is InChI=1S/C14H28N2O2/c15-11-7-4-8-12(13(17)18)14(16)9-5-2-1-3-6-10-14/h12H,1-11,15-16H2,(H,17,18). The van der Waals surface area contributed by atoms with Crippen LogP contribution in [0.25, 0.3) is 0 Å². The third kappa shape index (κ3) is 4.58. The highest BCUT2D eigenvalue weighted by molar-refractivity contribution is 5.71. The van der Waals surface area contributed by atoms with E-state index >= 15 is 0 Å². The summed E-state index contributed by atoms with van der Waals surface area (Å²) in [6, 6.07) is 0. The van der Waals surface area contributed by atoms with E-state index in [-0.39, 0.29) is 0 Å². The zero-order valence-electron chi connectivity index (χ0n) is 11.4. The number of unbranched alkanes of at least 4 members (excludes halogenated alkanes) is 1. The van der Waals surface area contributed by atoms with Gasteiger partial charge in [0.05, 0.1) is 5.92 Å². The number of carboxylic acid groups (broad SMARTS) is 1. The van der Waals surface area contributed by atoms with Gasteiger partial charge in [-0.1, -0.05) is 38.5 Å². The van der Waals surface area contributed by atoms with E-state index in [0.717, 1.165) is 38.5 Å². The van der Waals surface area contributed by atoms with E-state index < -0.39 is 17.4 Å². The SMILES string of the molecule is NCCCCC(C(=O)O)C1(N)CCCCCCC1. The highest BCUT2D eigenvalue weighted by Crippen LogP contribution is 2.33. The number of aliphatic carboxylic acids is 1. The third-order valence-electron chi connectivity index (χ3n) is 4.22. The molecular formula is C14H28N2O2. The van der Waals surface area contributed by atoms with Crippen molar-refractivity contribution in [3.63, 3.8) is 0 Å². The van der Waals surface area contributed by atoms with Gasteiger partial charge in [-0.3, -0.25) is 4.79 Å². The molecule has 0 aromatic carbocycles. The van der Waals surface area contributed by atoms with Crippen LogP contribution in [0.1, 0.15) is 64.2 Å². The molecule has 5 N–H and O–H groups in total. The lowest BCUT2D eigenvalue weighted by Gasteiger charge is -2.37. The van der Waals surface area contributed by atoms with Crippen LogP contribution in [-0.2, 0) is 4.79 Å². The number of nitrogens with two attached hydrogens (primary N) is 2. The van der Waals surface area contributed by atoms with Gasteiger partial charge in [0.2, 0.25) is 0 Å². The van der Waals surface area contributed by atoms with Gasteiger partial charge in [-0.2, -0.15) is 0 Å². The van der Waals surface area contributed by atoms with Gasteiger partial charge in [0.1, 0.15) is 0 Å². The molecular weight excluding hydrogens is 228 g/mol. The van der Waals surface area contributed by atoms with Crippen molar-refractivity contribution >= 4 is 5.97 Å². The Morgan fingerprint density at radius 2 is 1.67 bits per heavy atom. The van der Waals surface area contributed by atoms with Crippen LogP contribution < -0.4 is 11.5 Å². The van der Waals surface area contributed by atoms with E-state index in [2.05, 4.69) is 0 Å². The fourth-order valence-corrected chi connectivity index (χ4v) is 3.06. The predicted molar refractivity (Wildman–Crippen MR) is 73.3 cm³/mol. The van der Waals surface area contributed by atoms with Gasteiger partial charge in [-0.05, 0) is 32.2 Å². The molecule has 1 rings (SSSR count). The average Bonchev–Trinajstić information content (AvgIpc) is 2.29. The molecule has 1 atom stereocenters. The zero-order valence-corrected chi connectivity index (χ0v) is 11.4. The fraction of sp³-hybridized carbons (Fsp3) is 0.929. The Labute approximate surface area is 110 Å². The first-order valence-corrected chi connectivity index (χ1v) is 7.32. The van der Waals surface area contributed by atoms with Crippen molar-refractivity contribution in [2.75, 3.05) is 6.54 Å². The van der Waals surface area contributed by atoms with Crippen molar-refractivity contribution in [2.24, 2.45) is 17.4 Å². The fourth-order valence-electron chi connectivity index (χ4n) is 3.06. The van der Waals surface area contributed by atoms with E-state index in [4.69, 9.17) is 11.5 Å². The Morgan fingerprint density at radius 3 is 2.17 bits per heavy atom. The van der Waals surface area contributed by atoms with Crippen molar-refractivity contribution in [1.29, 1.82) is 0 Å². The van der Waals surface area contributed by atoms with Crippen LogP contribution in [0.15, 0.2) is 0 Å². The summed E-state index contributed by atoms with van der Waals surface area (Å²) in [6.07, 6.45) is 9.91. The van der Waals surface area contributed by atoms with E-state index in [0.29, 0.717) is 13.0 Å². The van der Waals surface area contributed by atoms with Crippen molar-refractivity contribution < 1.29 is 9.90 Å². The number of carbonyl (C=O) groups is 1. The molecule has 0 saturated heterocycles. The summed E-state index contributed by atoms with van der Waals surface area (Å²) in [5, 5.41) is 9.44. The predicted octanol–water partition coefficient (Wildman–Crippen LogP) is 2.26. The number of rotatable bonds is 6. The minimum absolute atomic E-state index is 0.401. The molecule has 4 nitrogen and oxygen atoms in total. The average molecular weight is 256 g/mol. The normalized spacial score (nSPS) is 21.9. The monoisotopic (exact) mass is 256 g/mol. The Bertz CT molecular complexity index is 248. The van der Waals surface area contributed by atoms with Crippen LogP contribution in [-0.4, -0.2) is 23.2 Å². The Hall–Kier alpha value is -0.610. The summed E-state index contributed by atoms with van der Waals surface area (Å²) in [6.45, 7) is 0.629. The largest absolute Gasteiger partial charge is 0.481 e. The van der Waals surface area contributed by atoms with Crippen molar-refractivity contribution in [3.8, 4) is 0 Å². The summed E-state index contributed by atoms with van der Waals surface area (Å²) in [7, 11) is 0. The molecule has 106 valence electrons. The van der Waals surface area contributed by atoms with Crippen LogP contribution in [0.4, 0.5) is 0 Å². The summed E-state index contributed by atoms with van der Waals surface area (Å²) < 4.78 is 0. The number of hydrogen-bond acceptors (Lipinski definition) is 3. The van der Waals surface area contributed by atoms with Crippen LogP contribution >= 0.6 is 0 Å². The molecule has 18 heavy (non-hydrogen) atoms. The minimum Gasteiger partial charge on any atom is -0.481 e. The molecule has 1 unspecified atom stereocenters. The Balaban J connectivity index is 2.63. The summed E-state index contributed by atoms with van der Waals surface area (Å²) >= 11 is 0. The lowest BCUT2D eigenvalue weighted by Crippen LogP contribution is -2.50. The number of hydrogen-bond donors (Lipinski definition) is 3. The van der Waals surface area contributed by atoms with E-state index in [1.807, 2.05) is 0 Å². The maximum atomic E-state index is 11.5. The van der Waals surface area contributed by atoms with Crippen molar-refractivity contribution in [3.05, 3.63) is 0 Å². The van der Waals surface area contributed by atoms with Crippen molar-refractivity contribution in [1.82, 2.24) is 0 Å². The maximum absolute atomic E-state index is 11.5. The molecule has 1 saturated carbocycles. The first kappa shape index (κ1) is 15.4. The van der Waals surface area contributed by atoms with E-state index in [9.17, 15) is 9.90 Å². The van der Waals surface area contributed by atoms with Crippen LogP contribution in [0, 0.1) is 5.92 Å². The highest BCUT2D eigenvalue weighted by Gasteiger charge is 2.38. The lowest BCUT2D eigenvalue weighted by molar-refractivity contribution is -0.145. The van der Waals surface area contributed by atoms with Crippen LogP contribution in [0.2, 0.25) is 0 Å². The first-order valence-electron chi connectivity index (χ1n) is 7.32. The molecule has 0 amide bonds. The summed E-state index contributed by atoms with van der Waals surface area (Å²) in [5.74, 6) is -1.13. The molecule has 0 aliphatic heterocycles. The summed E-state index contributed by atoms with van der Waals surface area (Å²) in [5.41, 5.74) is 11.4. The quantitative estimate of drug-likeness (QED) is 0.636. The van der Waals surface area contributed by atoms with Crippen LogP contribution in [0.3, 0.4) is 0 Å². The molecule has 0 heterocycles. The molecule has 1 fully saturated rings. The topological polar surface area (TPSA) is 89.3 Å². The lowest BCUT2D eigenvalue weighted by atomic mass is 9.73. The van der Waals surface area contributed by atoms with E-state index in [1.54, 1.807) is 0 Å². The van der Waals surface area contributed by atoms with Gasteiger partial charge >= 0.3 is 5.97 Å². The molecule has 1 aliphatic rings. The second kappa shape index (κ2) is 7.74. The minimum atomic E-state index is -0.727. The van der Waals surface area contributed by atoms with Gasteiger partial charge in [0, 0.05) is 5.54 Å². The molecule has 0 aromatic heterocycles. The molecule has 0 aromatic rings. The molecule has 4 heteroatoms. The maximum Gasteiger partial charge on any atom is 0.308 e. The molecule has 1 aliphatic carbocycles. The van der Waals surface area contributed by atoms with Gasteiger partial charge in [0.15, 0.2) is 0 Å². The van der Waals surface area contributed by atoms with Gasteiger partial charge in [-0.15, -0.1) is 0 Å². The highest BCUT2D eigenvalue weighted by atomic mass is 16.4. The Morgan fingerprint density at radius 1 is 1.11 bits per heavy atom. The number of carboxylic acids is 1. The van der Waals surface area contributed by atoms with Gasteiger partial charge < -0.3 is 16.6 Å². The second-order valence-corrected chi connectivity index (χ2v) is 5.68. The molecule has 0 bridgehead atoms. The van der Waals surface area contributed by atoms with E-state index in [1.165, 1.54) is 19.3 Å². The summed E-state index contributed by atoms with van der Waals surface area (Å²) in [4.78, 5) is 11.5. The smallest absolute Gasteiger partial charge is 0.308 e. The first-order chi connectivity index (χ1) is 8.60. The van der Waals surface area contributed by atoms with Gasteiger partial charge in [-0.25, -0.2) is 0 Å². The van der Waals surface area contributed by atoms with Crippen LogP contribution in [0.5, 0.6) is 0 Å². The second-order valence-electron chi connectivity index (χ2n) is 5.68. The molecule has 0 spiro atoms. The zero-order chi connectivity index (χ0) is 13.4. The van der Waals surface area contributed by atoms with Gasteiger partial charge in [0.25, 0.3) is 0 Å². The molecule has 0 radical (unpaired) electrons. The van der Waals surface area contributed by atoms with Crippen molar-refractivity contribution in [2.45, 2.75) is 69.7 Å².